The fraction of sp³-hybridized carbons (Fsp3) is 0.222. The molecule has 2 heterocycles. The molecular formula is C9H9BrN4. The van der Waals surface area contributed by atoms with Crippen LogP contribution in [0.3, 0.4) is 0 Å². The van der Waals surface area contributed by atoms with Crippen molar-refractivity contribution in [3.05, 3.63) is 28.5 Å². The Labute approximate surface area is 90.1 Å². The second-order valence-corrected chi connectivity index (χ2v) is 3.92. The van der Waals surface area contributed by atoms with Crippen molar-refractivity contribution in [2.45, 2.75) is 6.92 Å². The fourth-order valence-electron chi connectivity index (χ4n) is 1.16. The van der Waals surface area contributed by atoms with Crippen molar-refractivity contribution < 1.29 is 0 Å². The van der Waals surface area contributed by atoms with Crippen LogP contribution in [-0.2, 0) is 7.05 Å². The SMILES string of the molecule is Cc1c(-c2ccc(Br)cn2)nnn1C. The molecule has 0 aliphatic rings. The van der Waals surface area contributed by atoms with E-state index < -0.39 is 0 Å². The fourth-order valence-corrected chi connectivity index (χ4v) is 1.39. The van der Waals surface area contributed by atoms with Crippen LogP contribution >= 0.6 is 15.9 Å². The highest BCUT2D eigenvalue weighted by Crippen LogP contribution is 2.18. The predicted molar refractivity (Wildman–Crippen MR) is 56.7 cm³/mol. The first-order chi connectivity index (χ1) is 6.68. The third kappa shape index (κ3) is 1.55. The van der Waals surface area contributed by atoms with Gasteiger partial charge < -0.3 is 0 Å². The van der Waals surface area contributed by atoms with E-state index in [0.29, 0.717) is 0 Å². The van der Waals surface area contributed by atoms with Crippen molar-refractivity contribution >= 4 is 15.9 Å². The lowest BCUT2D eigenvalue weighted by atomic mass is 10.2. The molecule has 0 amide bonds. The van der Waals surface area contributed by atoms with Crippen molar-refractivity contribution in [2.24, 2.45) is 7.05 Å². The van der Waals surface area contributed by atoms with Gasteiger partial charge in [-0.25, -0.2) is 0 Å². The molecule has 0 saturated carbocycles. The Kier molecular flexibility index (Phi) is 2.33. The summed E-state index contributed by atoms with van der Waals surface area (Å²) in [6.07, 6.45) is 1.75. The first-order valence-corrected chi connectivity index (χ1v) is 4.96. The minimum atomic E-state index is 0.833. The van der Waals surface area contributed by atoms with Gasteiger partial charge in [-0.2, -0.15) is 0 Å². The number of rotatable bonds is 1. The summed E-state index contributed by atoms with van der Waals surface area (Å²) >= 11 is 3.34. The van der Waals surface area contributed by atoms with E-state index in [1.165, 1.54) is 0 Å². The van der Waals surface area contributed by atoms with Crippen LogP contribution in [0.2, 0.25) is 0 Å². The monoisotopic (exact) mass is 252 g/mol. The van der Waals surface area contributed by atoms with E-state index in [2.05, 4.69) is 31.2 Å². The van der Waals surface area contributed by atoms with Crippen molar-refractivity contribution in [1.29, 1.82) is 0 Å². The van der Waals surface area contributed by atoms with Gasteiger partial charge in [0.25, 0.3) is 0 Å². The van der Waals surface area contributed by atoms with Crippen LogP contribution in [0.4, 0.5) is 0 Å². The second kappa shape index (κ2) is 3.49. The van der Waals surface area contributed by atoms with Crippen LogP contribution in [0.25, 0.3) is 11.4 Å². The van der Waals surface area contributed by atoms with Gasteiger partial charge in [-0.1, -0.05) is 5.21 Å². The van der Waals surface area contributed by atoms with E-state index in [4.69, 9.17) is 0 Å². The first kappa shape index (κ1) is 9.33. The van der Waals surface area contributed by atoms with Crippen molar-refractivity contribution in [3.63, 3.8) is 0 Å². The minimum Gasteiger partial charge on any atom is -0.253 e. The molecule has 0 bridgehead atoms. The zero-order valence-corrected chi connectivity index (χ0v) is 9.48. The van der Waals surface area contributed by atoms with Crippen molar-refractivity contribution in [2.75, 3.05) is 0 Å². The molecule has 4 nitrogen and oxygen atoms in total. The highest BCUT2D eigenvalue weighted by Gasteiger charge is 2.08. The number of nitrogens with zero attached hydrogens (tertiary/aromatic N) is 4. The Bertz CT molecular complexity index is 446. The third-order valence-corrected chi connectivity index (χ3v) is 2.55. The molecule has 0 aliphatic carbocycles. The normalized spacial score (nSPS) is 10.5. The molecule has 0 spiro atoms. The third-order valence-electron chi connectivity index (χ3n) is 2.08. The Balaban J connectivity index is 2.49. The number of hydrogen-bond acceptors (Lipinski definition) is 3. The van der Waals surface area contributed by atoms with E-state index in [-0.39, 0.29) is 0 Å². The summed E-state index contributed by atoms with van der Waals surface area (Å²) < 4.78 is 2.70. The summed E-state index contributed by atoms with van der Waals surface area (Å²) in [5.41, 5.74) is 2.69. The van der Waals surface area contributed by atoms with Gasteiger partial charge in [-0.15, -0.1) is 5.10 Å². The summed E-state index contributed by atoms with van der Waals surface area (Å²) in [5.74, 6) is 0. The lowest BCUT2D eigenvalue weighted by Gasteiger charge is -1.97. The molecule has 2 rings (SSSR count). The Morgan fingerprint density at radius 3 is 2.64 bits per heavy atom. The van der Waals surface area contributed by atoms with E-state index in [1.807, 2.05) is 26.1 Å². The van der Waals surface area contributed by atoms with Crippen LogP contribution in [0.5, 0.6) is 0 Å². The zero-order valence-electron chi connectivity index (χ0n) is 7.90. The molecular weight excluding hydrogens is 244 g/mol. The lowest BCUT2D eigenvalue weighted by Crippen LogP contribution is -1.93. The maximum Gasteiger partial charge on any atom is 0.134 e. The smallest absolute Gasteiger partial charge is 0.134 e. The van der Waals surface area contributed by atoms with E-state index >= 15 is 0 Å². The van der Waals surface area contributed by atoms with E-state index in [9.17, 15) is 0 Å². The van der Waals surface area contributed by atoms with Crippen LogP contribution in [0.15, 0.2) is 22.8 Å². The predicted octanol–water partition coefficient (Wildman–Crippen LogP) is 1.95. The minimum absolute atomic E-state index is 0.833. The van der Waals surface area contributed by atoms with Crippen LogP contribution in [-0.4, -0.2) is 20.0 Å². The van der Waals surface area contributed by atoms with Crippen molar-refractivity contribution in [3.8, 4) is 11.4 Å². The molecule has 14 heavy (non-hydrogen) atoms. The molecule has 72 valence electrons. The summed E-state index contributed by atoms with van der Waals surface area (Å²) in [7, 11) is 1.87. The summed E-state index contributed by atoms with van der Waals surface area (Å²) in [6, 6.07) is 3.86. The van der Waals surface area contributed by atoms with Gasteiger partial charge in [-0.05, 0) is 35.0 Å². The molecule has 5 heteroatoms. The number of pyridine rings is 1. The van der Waals surface area contributed by atoms with E-state index in [0.717, 1.165) is 21.6 Å². The molecule has 0 aliphatic heterocycles. The van der Waals surface area contributed by atoms with Gasteiger partial charge in [0.1, 0.15) is 5.69 Å². The van der Waals surface area contributed by atoms with Gasteiger partial charge in [0, 0.05) is 17.7 Å². The average molecular weight is 253 g/mol. The highest BCUT2D eigenvalue weighted by atomic mass is 79.9. The molecule has 2 aromatic heterocycles. The maximum atomic E-state index is 4.26. The van der Waals surface area contributed by atoms with Crippen LogP contribution in [0.1, 0.15) is 5.69 Å². The van der Waals surface area contributed by atoms with Gasteiger partial charge >= 0.3 is 0 Å². The topological polar surface area (TPSA) is 43.6 Å². The summed E-state index contributed by atoms with van der Waals surface area (Å²) in [6.45, 7) is 1.97. The first-order valence-electron chi connectivity index (χ1n) is 4.16. The Morgan fingerprint density at radius 2 is 2.14 bits per heavy atom. The standard InChI is InChI=1S/C9H9BrN4/c1-6-9(12-13-14(6)2)8-4-3-7(10)5-11-8/h3-5H,1-2H3. The lowest BCUT2D eigenvalue weighted by molar-refractivity contribution is 0.696. The number of aromatic nitrogens is 4. The van der Waals surface area contributed by atoms with Gasteiger partial charge in [-0.3, -0.25) is 9.67 Å². The van der Waals surface area contributed by atoms with Gasteiger partial charge in [0.2, 0.25) is 0 Å². The van der Waals surface area contributed by atoms with E-state index in [1.54, 1.807) is 10.9 Å². The molecule has 0 radical (unpaired) electrons. The molecule has 0 aromatic carbocycles. The zero-order chi connectivity index (χ0) is 10.1. The molecule has 0 unspecified atom stereocenters. The van der Waals surface area contributed by atoms with Gasteiger partial charge in [0.05, 0.1) is 11.4 Å². The van der Waals surface area contributed by atoms with Crippen LogP contribution in [0, 0.1) is 6.92 Å². The molecule has 2 aromatic rings. The highest BCUT2D eigenvalue weighted by molar-refractivity contribution is 9.10. The molecule has 0 fully saturated rings. The number of halogens is 1. The average Bonchev–Trinajstić information content (AvgIpc) is 2.50. The Hall–Kier alpha value is -1.23. The number of aryl methyl sites for hydroxylation is 1. The molecule has 0 atom stereocenters. The quantitative estimate of drug-likeness (QED) is 0.780. The van der Waals surface area contributed by atoms with Crippen molar-refractivity contribution in [1.82, 2.24) is 20.0 Å². The Morgan fingerprint density at radius 1 is 1.36 bits per heavy atom. The van der Waals surface area contributed by atoms with Crippen LogP contribution < -0.4 is 0 Å². The second-order valence-electron chi connectivity index (χ2n) is 3.01. The molecule has 0 saturated heterocycles. The summed E-state index contributed by atoms with van der Waals surface area (Å²) in [5, 5.41) is 7.98. The number of hydrogen-bond donors (Lipinski definition) is 0. The summed E-state index contributed by atoms with van der Waals surface area (Å²) in [4.78, 5) is 4.26. The largest absolute Gasteiger partial charge is 0.253 e. The maximum absolute atomic E-state index is 4.26. The molecule has 0 N–H and O–H groups in total. The van der Waals surface area contributed by atoms with Gasteiger partial charge in [0.15, 0.2) is 0 Å².